The highest BCUT2D eigenvalue weighted by molar-refractivity contribution is 7.13. The average molecular weight is 461 g/mol. The first kappa shape index (κ1) is 20.6. The van der Waals surface area contributed by atoms with E-state index in [1.54, 1.807) is 34.8 Å². The van der Waals surface area contributed by atoms with E-state index in [1.807, 2.05) is 0 Å². The van der Waals surface area contributed by atoms with Crippen LogP contribution < -0.4 is 4.90 Å². The predicted octanol–water partition coefficient (Wildman–Crippen LogP) is 3.50. The summed E-state index contributed by atoms with van der Waals surface area (Å²) in [5.41, 5.74) is 1.67. The molecule has 0 amide bonds. The molecule has 12 heteroatoms. The van der Waals surface area contributed by atoms with Crippen molar-refractivity contribution in [2.24, 2.45) is 7.05 Å². The van der Waals surface area contributed by atoms with Crippen LogP contribution in [0.3, 0.4) is 0 Å². The summed E-state index contributed by atoms with van der Waals surface area (Å²) in [6, 6.07) is 3.52. The van der Waals surface area contributed by atoms with E-state index in [0.29, 0.717) is 46.4 Å². The highest BCUT2D eigenvalue weighted by Gasteiger charge is 2.25. The molecule has 0 aromatic carbocycles. The van der Waals surface area contributed by atoms with E-state index >= 15 is 0 Å². The average Bonchev–Trinajstić information content (AvgIpc) is 3.52. The van der Waals surface area contributed by atoms with E-state index in [2.05, 4.69) is 20.2 Å². The van der Waals surface area contributed by atoms with Crippen LogP contribution in [0, 0.1) is 0 Å². The number of Topliss-reactive ketones (excluding diaryl/α,β-unsaturated/α-hetero) is 1. The molecule has 1 saturated heterocycles. The number of rotatable bonds is 6. The minimum absolute atomic E-state index is 0.0641. The van der Waals surface area contributed by atoms with Crippen LogP contribution in [0.2, 0.25) is 0 Å². The summed E-state index contributed by atoms with van der Waals surface area (Å²) in [6.07, 6.45) is 0.139. The minimum Gasteiger partial charge on any atom is -0.336 e. The van der Waals surface area contributed by atoms with Crippen LogP contribution in [0.15, 0.2) is 29.9 Å². The molecule has 0 radical (unpaired) electrons. The van der Waals surface area contributed by atoms with Crippen molar-refractivity contribution in [3.63, 3.8) is 0 Å². The van der Waals surface area contributed by atoms with Gasteiger partial charge in [0.15, 0.2) is 11.4 Å². The van der Waals surface area contributed by atoms with Gasteiger partial charge in [-0.2, -0.15) is 10.1 Å². The summed E-state index contributed by atoms with van der Waals surface area (Å²) in [4.78, 5) is 23.3. The molecule has 0 N–H and O–H groups in total. The summed E-state index contributed by atoms with van der Waals surface area (Å²) in [5, 5.41) is 10.1. The van der Waals surface area contributed by atoms with Crippen molar-refractivity contribution in [2.45, 2.75) is 25.4 Å². The monoisotopic (exact) mass is 461 g/mol. The quantitative estimate of drug-likeness (QED) is 0.409. The van der Waals surface area contributed by atoms with Crippen LogP contribution in [0.25, 0.3) is 16.2 Å². The number of carbonyl (C=O) groups is 1. The van der Waals surface area contributed by atoms with Crippen molar-refractivity contribution in [3.05, 3.63) is 46.9 Å². The van der Waals surface area contributed by atoms with E-state index < -0.39 is 12.6 Å². The maximum Gasteiger partial charge on any atom is 0.281 e. The number of nitrogens with zero attached hydrogens (tertiary/aromatic N) is 7. The number of aryl methyl sites for hydroxylation is 1. The molecule has 1 aliphatic rings. The molecule has 4 aromatic rings. The van der Waals surface area contributed by atoms with Crippen molar-refractivity contribution >= 4 is 28.7 Å². The van der Waals surface area contributed by atoms with Crippen molar-refractivity contribution in [1.82, 2.24) is 29.4 Å². The fourth-order valence-corrected chi connectivity index (χ4v) is 4.58. The number of alkyl halides is 3. The number of anilines is 1. The molecule has 1 atom stereocenters. The molecular formula is C20H18F3N7OS. The Hall–Kier alpha value is -3.28. The Bertz CT molecular complexity index is 1300. The van der Waals surface area contributed by atoms with Gasteiger partial charge in [0.05, 0.1) is 18.3 Å². The Morgan fingerprint density at radius 3 is 2.91 bits per heavy atom. The molecule has 8 nitrogen and oxygen atoms in total. The van der Waals surface area contributed by atoms with Gasteiger partial charge in [-0.15, -0.1) is 16.4 Å². The van der Waals surface area contributed by atoms with Crippen LogP contribution in [0.1, 0.15) is 34.6 Å². The van der Waals surface area contributed by atoms with Gasteiger partial charge in [-0.25, -0.2) is 22.7 Å². The fourth-order valence-electron chi connectivity index (χ4n) is 3.76. The first-order valence-corrected chi connectivity index (χ1v) is 10.8. The van der Waals surface area contributed by atoms with Crippen LogP contribution in [-0.2, 0) is 13.5 Å². The molecule has 166 valence electrons. The highest BCUT2D eigenvalue weighted by Crippen LogP contribution is 2.31. The molecule has 1 fully saturated rings. The zero-order valence-corrected chi connectivity index (χ0v) is 17.8. The highest BCUT2D eigenvalue weighted by atomic mass is 32.1. The third-order valence-electron chi connectivity index (χ3n) is 5.35. The second-order valence-electron chi connectivity index (χ2n) is 7.59. The number of carbonyl (C=O) groups excluding carboxylic acids is 1. The van der Waals surface area contributed by atoms with Crippen molar-refractivity contribution in [2.75, 3.05) is 18.0 Å². The number of ketones is 1. The lowest BCUT2D eigenvalue weighted by atomic mass is 10.1. The molecule has 0 unspecified atom stereocenters. The van der Waals surface area contributed by atoms with Crippen LogP contribution in [0.4, 0.5) is 19.1 Å². The standard InChI is InChI=1S/C20H18F3N7OS/c1-28-17(13(8-24-28)19-25-14(10-32-19)18(22)23)15(31)6-11-2-5-30-16(7-11)26-20(27-30)29-4-3-12(21)9-29/h2,5,7-8,10,12,18H,3-4,6,9H2,1H3/t12-/m1/s1. The molecule has 0 bridgehead atoms. The normalized spacial score (nSPS) is 16.5. The van der Waals surface area contributed by atoms with Crippen molar-refractivity contribution in [1.29, 1.82) is 0 Å². The molecule has 0 spiro atoms. The van der Waals surface area contributed by atoms with Gasteiger partial charge in [-0.05, 0) is 24.1 Å². The van der Waals surface area contributed by atoms with E-state index in [9.17, 15) is 18.0 Å². The lowest BCUT2D eigenvalue weighted by Gasteiger charge is -2.10. The molecule has 5 rings (SSSR count). The predicted molar refractivity (Wildman–Crippen MR) is 112 cm³/mol. The molecule has 1 aliphatic heterocycles. The first-order chi connectivity index (χ1) is 15.4. The lowest BCUT2D eigenvalue weighted by molar-refractivity contribution is 0.0984. The maximum absolute atomic E-state index is 13.5. The Morgan fingerprint density at radius 2 is 2.19 bits per heavy atom. The molecule has 5 heterocycles. The van der Waals surface area contributed by atoms with Gasteiger partial charge in [-0.3, -0.25) is 9.48 Å². The number of fused-ring (bicyclic) bond motifs is 1. The fraction of sp³-hybridized carbons (Fsp3) is 0.350. The largest absolute Gasteiger partial charge is 0.336 e. The summed E-state index contributed by atoms with van der Waals surface area (Å²) in [7, 11) is 1.63. The zero-order chi connectivity index (χ0) is 22.4. The Morgan fingerprint density at radius 1 is 1.34 bits per heavy atom. The number of hydrogen-bond donors (Lipinski definition) is 0. The van der Waals surface area contributed by atoms with Gasteiger partial charge in [0.2, 0.25) is 5.95 Å². The van der Waals surface area contributed by atoms with Gasteiger partial charge in [0.25, 0.3) is 6.43 Å². The van der Waals surface area contributed by atoms with Gasteiger partial charge in [0, 0.05) is 31.6 Å². The topological polar surface area (TPSA) is 81.2 Å². The maximum atomic E-state index is 13.5. The molecule has 0 aliphatic carbocycles. The smallest absolute Gasteiger partial charge is 0.281 e. The molecular weight excluding hydrogens is 443 g/mol. The van der Waals surface area contributed by atoms with Crippen molar-refractivity contribution < 1.29 is 18.0 Å². The van der Waals surface area contributed by atoms with Crippen LogP contribution in [-0.4, -0.2) is 54.4 Å². The summed E-state index contributed by atoms with van der Waals surface area (Å²) in [5.74, 6) is 0.235. The zero-order valence-electron chi connectivity index (χ0n) is 17.0. The lowest BCUT2D eigenvalue weighted by Crippen LogP contribution is -2.21. The SMILES string of the molecule is Cn1ncc(-c2nc(C(F)F)cs2)c1C(=O)Cc1ccn2nc(N3CC[C@@H](F)C3)nc2c1. The van der Waals surface area contributed by atoms with E-state index in [1.165, 1.54) is 16.3 Å². The Balaban J connectivity index is 1.39. The summed E-state index contributed by atoms with van der Waals surface area (Å²) < 4.78 is 42.3. The summed E-state index contributed by atoms with van der Waals surface area (Å²) in [6.45, 7) is 0.839. The number of halogens is 3. The van der Waals surface area contributed by atoms with Gasteiger partial charge >= 0.3 is 0 Å². The van der Waals surface area contributed by atoms with Gasteiger partial charge in [0.1, 0.15) is 22.6 Å². The minimum atomic E-state index is -2.67. The molecule has 0 saturated carbocycles. The number of thiazole rings is 1. The molecule has 32 heavy (non-hydrogen) atoms. The third-order valence-corrected chi connectivity index (χ3v) is 6.24. The Labute approximate surface area is 184 Å². The van der Waals surface area contributed by atoms with Gasteiger partial charge in [-0.1, -0.05) is 0 Å². The van der Waals surface area contributed by atoms with E-state index in [-0.39, 0.29) is 24.4 Å². The van der Waals surface area contributed by atoms with Crippen LogP contribution in [0.5, 0.6) is 0 Å². The van der Waals surface area contributed by atoms with Crippen molar-refractivity contribution in [3.8, 4) is 10.6 Å². The van der Waals surface area contributed by atoms with Gasteiger partial charge < -0.3 is 4.90 Å². The number of aromatic nitrogens is 6. The van der Waals surface area contributed by atoms with E-state index in [0.717, 1.165) is 11.3 Å². The second kappa shape index (κ2) is 8.01. The number of hydrogen-bond acceptors (Lipinski definition) is 7. The number of pyridine rings is 1. The van der Waals surface area contributed by atoms with E-state index in [4.69, 9.17) is 0 Å². The third kappa shape index (κ3) is 3.74. The second-order valence-corrected chi connectivity index (χ2v) is 8.45. The summed E-state index contributed by atoms with van der Waals surface area (Å²) >= 11 is 1.05. The molecule has 4 aromatic heterocycles. The Kier molecular flexibility index (Phi) is 5.16. The first-order valence-electron chi connectivity index (χ1n) is 9.92. The van der Waals surface area contributed by atoms with Crippen LogP contribution >= 0.6 is 11.3 Å².